The zero-order valence-corrected chi connectivity index (χ0v) is 10.6. The Labute approximate surface area is 109 Å². The van der Waals surface area contributed by atoms with Gasteiger partial charge in [-0.25, -0.2) is 8.78 Å². The van der Waals surface area contributed by atoms with Gasteiger partial charge in [0.05, 0.1) is 12.1 Å². The lowest BCUT2D eigenvalue weighted by Gasteiger charge is -2.21. The van der Waals surface area contributed by atoms with Gasteiger partial charge in [-0.15, -0.1) is 0 Å². The van der Waals surface area contributed by atoms with Gasteiger partial charge in [0.15, 0.2) is 0 Å². The number of para-hydroxylation sites is 1. The first-order valence-corrected chi connectivity index (χ1v) is 5.53. The van der Waals surface area contributed by atoms with Gasteiger partial charge in [0, 0.05) is 0 Å². The van der Waals surface area contributed by atoms with Crippen molar-refractivity contribution in [2.24, 2.45) is 5.73 Å². The summed E-state index contributed by atoms with van der Waals surface area (Å²) in [5.74, 6) is -3.07. The number of benzene rings is 1. The van der Waals surface area contributed by atoms with Crippen molar-refractivity contribution in [3.63, 3.8) is 0 Å². The minimum Gasteiger partial charge on any atom is -0.368 e. The number of primary amides is 1. The van der Waals surface area contributed by atoms with Gasteiger partial charge in [0.1, 0.15) is 17.3 Å². The minimum atomic E-state index is -1.09. The molecule has 0 bridgehead atoms. The molecule has 104 valence electrons. The normalized spacial score (nSPS) is 11.2. The average Bonchev–Trinajstić information content (AvgIpc) is 2.31. The summed E-state index contributed by atoms with van der Waals surface area (Å²) in [5, 5.41) is 4.67. The topological polar surface area (TPSA) is 84.2 Å². The van der Waals surface area contributed by atoms with E-state index < -0.39 is 34.7 Å². The molecular formula is C12H15F2N3O2. The van der Waals surface area contributed by atoms with Crippen LogP contribution in [0.3, 0.4) is 0 Å². The second-order valence-corrected chi connectivity index (χ2v) is 4.49. The van der Waals surface area contributed by atoms with Crippen molar-refractivity contribution in [1.29, 1.82) is 0 Å². The van der Waals surface area contributed by atoms with Gasteiger partial charge in [-0.05, 0) is 26.0 Å². The van der Waals surface area contributed by atoms with Crippen LogP contribution < -0.4 is 16.4 Å². The van der Waals surface area contributed by atoms with E-state index in [4.69, 9.17) is 5.73 Å². The number of hydrogen-bond donors (Lipinski definition) is 3. The summed E-state index contributed by atoms with van der Waals surface area (Å²) in [6.07, 6.45) is 0. The average molecular weight is 271 g/mol. The molecular weight excluding hydrogens is 256 g/mol. The SMILES string of the molecule is CC(C)(NCC(=O)Nc1c(F)cccc1F)C(N)=O. The van der Waals surface area contributed by atoms with Gasteiger partial charge in [0.25, 0.3) is 0 Å². The number of halogens is 2. The van der Waals surface area contributed by atoms with E-state index in [1.54, 1.807) is 0 Å². The Morgan fingerprint density at radius 2 is 1.79 bits per heavy atom. The van der Waals surface area contributed by atoms with Crippen LogP contribution in [-0.4, -0.2) is 23.9 Å². The fourth-order valence-corrected chi connectivity index (χ4v) is 1.19. The lowest BCUT2D eigenvalue weighted by Crippen LogP contribution is -2.52. The summed E-state index contributed by atoms with van der Waals surface area (Å²) in [5.41, 5.74) is 3.49. The lowest BCUT2D eigenvalue weighted by atomic mass is 10.1. The maximum absolute atomic E-state index is 13.3. The zero-order valence-electron chi connectivity index (χ0n) is 10.6. The summed E-state index contributed by atoms with van der Waals surface area (Å²) in [6, 6.07) is 3.24. The highest BCUT2D eigenvalue weighted by atomic mass is 19.1. The van der Waals surface area contributed by atoms with Crippen LogP contribution in [0.4, 0.5) is 14.5 Å². The largest absolute Gasteiger partial charge is 0.368 e. The molecule has 0 aliphatic carbocycles. The molecule has 0 saturated heterocycles. The highest BCUT2D eigenvalue weighted by molar-refractivity contribution is 5.93. The quantitative estimate of drug-likeness (QED) is 0.739. The highest BCUT2D eigenvalue weighted by Crippen LogP contribution is 2.17. The molecule has 0 spiro atoms. The van der Waals surface area contributed by atoms with E-state index in [0.29, 0.717) is 0 Å². The van der Waals surface area contributed by atoms with Crippen LogP contribution in [0, 0.1) is 11.6 Å². The Morgan fingerprint density at radius 3 is 2.26 bits per heavy atom. The molecule has 2 amide bonds. The van der Waals surface area contributed by atoms with E-state index in [2.05, 4.69) is 10.6 Å². The second kappa shape index (κ2) is 5.75. The summed E-state index contributed by atoms with van der Waals surface area (Å²) in [6.45, 7) is 2.68. The monoisotopic (exact) mass is 271 g/mol. The third kappa shape index (κ3) is 3.99. The van der Waals surface area contributed by atoms with Crippen LogP contribution in [0.1, 0.15) is 13.8 Å². The van der Waals surface area contributed by atoms with Gasteiger partial charge < -0.3 is 11.1 Å². The van der Waals surface area contributed by atoms with Crippen LogP contribution in [0.2, 0.25) is 0 Å². The van der Waals surface area contributed by atoms with Gasteiger partial charge in [-0.2, -0.15) is 0 Å². The highest BCUT2D eigenvalue weighted by Gasteiger charge is 2.25. The molecule has 0 radical (unpaired) electrons. The smallest absolute Gasteiger partial charge is 0.238 e. The molecule has 7 heteroatoms. The van der Waals surface area contributed by atoms with Crippen molar-refractivity contribution < 1.29 is 18.4 Å². The fourth-order valence-electron chi connectivity index (χ4n) is 1.19. The van der Waals surface area contributed by atoms with E-state index in [9.17, 15) is 18.4 Å². The molecule has 1 rings (SSSR count). The molecule has 5 nitrogen and oxygen atoms in total. The van der Waals surface area contributed by atoms with E-state index in [1.807, 2.05) is 0 Å². The molecule has 0 saturated carbocycles. The van der Waals surface area contributed by atoms with Gasteiger partial charge in [0.2, 0.25) is 11.8 Å². The maximum Gasteiger partial charge on any atom is 0.238 e. The lowest BCUT2D eigenvalue weighted by molar-refractivity contribution is -0.123. The Balaban J connectivity index is 2.64. The second-order valence-electron chi connectivity index (χ2n) is 4.49. The Hall–Kier alpha value is -2.02. The molecule has 0 aliphatic heterocycles. The number of nitrogens with one attached hydrogen (secondary N) is 2. The van der Waals surface area contributed by atoms with Crippen molar-refractivity contribution in [1.82, 2.24) is 5.32 Å². The molecule has 1 aromatic carbocycles. The number of anilines is 1. The molecule has 0 atom stereocenters. The first kappa shape index (κ1) is 15.0. The third-order valence-corrected chi connectivity index (χ3v) is 2.53. The van der Waals surface area contributed by atoms with Crippen LogP contribution in [-0.2, 0) is 9.59 Å². The van der Waals surface area contributed by atoms with Crippen molar-refractivity contribution in [3.8, 4) is 0 Å². The van der Waals surface area contributed by atoms with Crippen LogP contribution in [0.25, 0.3) is 0 Å². The van der Waals surface area contributed by atoms with Gasteiger partial charge in [-0.1, -0.05) is 6.07 Å². The van der Waals surface area contributed by atoms with Crippen LogP contribution in [0.5, 0.6) is 0 Å². The summed E-state index contributed by atoms with van der Waals surface area (Å²) in [4.78, 5) is 22.5. The predicted octanol–water partition coefficient (Wildman–Crippen LogP) is 0.757. The number of carbonyl (C=O) groups is 2. The number of amides is 2. The molecule has 0 aliphatic rings. The third-order valence-electron chi connectivity index (χ3n) is 2.53. The molecule has 4 N–H and O–H groups in total. The molecule has 0 aromatic heterocycles. The van der Waals surface area contributed by atoms with E-state index in [1.165, 1.54) is 19.9 Å². The molecule has 1 aromatic rings. The van der Waals surface area contributed by atoms with Crippen molar-refractivity contribution in [3.05, 3.63) is 29.8 Å². The Morgan fingerprint density at radius 1 is 1.26 bits per heavy atom. The van der Waals surface area contributed by atoms with E-state index >= 15 is 0 Å². The van der Waals surface area contributed by atoms with Gasteiger partial charge >= 0.3 is 0 Å². The van der Waals surface area contributed by atoms with E-state index in [-0.39, 0.29) is 6.54 Å². The van der Waals surface area contributed by atoms with Crippen molar-refractivity contribution in [2.75, 3.05) is 11.9 Å². The van der Waals surface area contributed by atoms with E-state index in [0.717, 1.165) is 12.1 Å². The fraction of sp³-hybridized carbons (Fsp3) is 0.333. The minimum absolute atomic E-state index is 0.302. The summed E-state index contributed by atoms with van der Waals surface area (Å²) >= 11 is 0. The molecule has 0 unspecified atom stereocenters. The Bertz CT molecular complexity index is 483. The first-order valence-electron chi connectivity index (χ1n) is 5.53. The number of hydrogen-bond acceptors (Lipinski definition) is 3. The number of nitrogens with two attached hydrogens (primary N) is 1. The first-order chi connectivity index (χ1) is 8.74. The summed E-state index contributed by atoms with van der Waals surface area (Å²) < 4.78 is 26.5. The zero-order chi connectivity index (χ0) is 14.6. The molecule has 0 fully saturated rings. The van der Waals surface area contributed by atoms with Crippen LogP contribution in [0.15, 0.2) is 18.2 Å². The number of rotatable bonds is 5. The van der Waals surface area contributed by atoms with Crippen molar-refractivity contribution in [2.45, 2.75) is 19.4 Å². The standard InChI is InChI=1S/C12H15F2N3O2/c1-12(2,11(15)19)16-6-9(18)17-10-7(13)4-3-5-8(10)14/h3-5,16H,6H2,1-2H3,(H2,15,19)(H,17,18). The van der Waals surface area contributed by atoms with Crippen LogP contribution >= 0.6 is 0 Å². The summed E-state index contributed by atoms with van der Waals surface area (Å²) in [7, 11) is 0. The molecule has 0 heterocycles. The maximum atomic E-state index is 13.3. The van der Waals surface area contributed by atoms with Crippen molar-refractivity contribution >= 4 is 17.5 Å². The number of carbonyl (C=O) groups excluding carboxylic acids is 2. The predicted molar refractivity (Wildman–Crippen MR) is 66.3 cm³/mol. The molecule has 19 heavy (non-hydrogen) atoms. The Kier molecular flexibility index (Phi) is 4.55. The van der Waals surface area contributed by atoms with Gasteiger partial charge in [-0.3, -0.25) is 14.9 Å².